The molecule has 0 radical (unpaired) electrons. The fraction of sp³-hybridized carbons (Fsp3) is 0.179. The zero-order valence-corrected chi connectivity index (χ0v) is 20.4. The summed E-state index contributed by atoms with van der Waals surface area (Å²) in [5.74, 6) is 0.956. The van der Waals surface area contributed by atoms with Crippen molar-refractivity contribution in [2.24, 2.45) is 4.99 Å². The summed E-state index contributed by atoms with van der Waals surface area (Å²) in [6.45, 7) is 4.72. The highest BCUT2D eigenvalue weighted by Crippen LogP contribution is 2.33. The molecule has 1 amide bonds. The minimum absolute atomic E-state index is 0.190. The normalized spacial score (nSPS) is 15.2. The van der Waals surface area contributed by atoms with Crippen molar-refractivity contribution in [2.45, 2.75) is 26.9 Å². The predicted molar refractivity (Wildman–Crippen MR) is 140 cm³/mol. The molecule has 0 aromatic heterocycles. The number of nitrogens with zero attached hydrogens (tertiary/aromatic N) is 2. The van der Waals surface area contributed by atoms with Gasteiger partial charge in [0.1, 0.15) is 6.61 Å². The number of benzene rings is 3. The lowest BCUT2D eigenvalue weighted by Crippen LogP contribution is -2.19. The Labute approximate surface area is 209 Å². The van der Waals surface area contributed by atoms with Gasteiger partial charge in [0, 0.05) is 5.56 Å². The van der Waals surface area contributed by atoms with Crippen LogP contribution in [0.15, 0.2) is 76.6 Å². The van der Waals surface area contributed by atoms with Gasteiger partial charge in [0.25, 0.3) is 5.91 Å². The second-order valence-electron chi connectivity index (χ2n) is 7.70. The van der Waals surface area contributed by atoms with Crippen LogP contribution in [-0.4, -0.2) is 17.7 Å². The smallest absolute Gasteiger partial charge is 0.264 e. The SMILES string of the molecule is CCOc1cc(/C=C2\SC(=Nc3ccc(CC)cc3)NC2=O)ccc1OCc1ccccc1C#N. The second kappa shape index (κ2) is 11.4. The molecule has 35 heavy (non-hydrogen) atoms. The van der Waals surface area contributed by atoms with Crippen molar-refractivity contribution in [1.29, 1.82) is 5.26 Å². The first kappa shape index (κ1) is 24.1. The van der Waals surface area contributed by atoms with Crippen molar-refractivity contribution < 1.29 is 14.3 Å². The molecule has 4 rings (SSSR count). The van der Waals surface area contributed by atoms with Crippen LogP contribution in [0.4, 0.5) is 5.69 Å². The van der Waals surface area contributed by atoms with Gasteiger partial charge in [-0.1, -0.05) is 43.3 Å². The molecule has 6 nitrogen and oxygen atoms in total. The molecule has 0 aliphatic carbocycles. The van der Waals surface area contributed by atoms with Crippen molar-refractivity contribution >= 4 is 34.6 Å². The largest absolute Gasteiger partial charge is 0.490 e. The van der Waals surface area contributed by atoms with Crippen LogP contribution in [0.3, 0.4) is 0 Å². The number of amides is 1. The number of carbonyl (C=O) groups is 1. The Morgan fingerprint density at radius 1 is 1.03 bits per heavy atom. The van der Waals surface area contributed by atoms with Gasteiger partial charge in [-0.2, -0.15) is 5.26 Å². The van der Waals surface area contributed by atoms with Crippen molar-refractivity contribution in [3.05, 3.63) is 93.9 Å². The summed E-state index contributed by atoms with van der Waals surface area (Å²) in [4.78, 5) is 17.6. The van der Waals surface area contributed by atoms with Crippen LogP contribution < -0.4 is 14.8 Å². The van der Waals surface area contributed by atoms with Gasteiger partial charge in [-0.15, -0.1) is 0 Å². The summed E-state index contributed by atoms with van der Waals surface area (Å²) in [5, 5.41) is 12.7. The van der Waals surface area contributed by atoms with E-state index in [1.54, 1.807) is 12.1 Å². The molecule has 3 aromatic rings. The van der Waals surface area contributed by atoms with Gasteiger partial charge in [0.05, 0.1) is 28.8 Å². The topological polar surface area (TPSA) is 83.7 Å². The van der Waals surface area contributed by atoms with Gasteiger partial charge in [-0.3, -0.25) is 4.79 Å². The fourth-order valence-electron chi connectivity index (χ4n) is 3.47. The molecule has 1 saturated heterocycles. The Kier molecular flexibility index (Phi) is 7.86. The van der Waals surface area contributed by atoms with Crippen LogP contribution in [0.25, 0.3) is 6.08 Å². The van der Waals surface area contributed by atoms with E-state index in [0.717, 1.165) is 23.2 Å². The zero-order valence-electron chi connectivity index (χ0n) is 19.6. The van der Waals surface area contributed by atoms with Crippen LogP contribution >= 0.6 is 11.8 Å². The standard InChI is InChI=1S/C28H25N3O3S/c1-3-19-9-12-23(13-10-19)30-28-31-27(32)26(35-28)16-20-11-14-24(25(15-20)33-4-2)34-18-22-8-6-5-7-21(22)17-29/h5-16H,3-4,18H2,1-2H3,(H,30,31,32)/b26-16-. The summed E-state index contributed by atoms with van der Waals surface area (Å²) < 4.78 is 11.7. The molecule has 176 valence electrons. The minimum Gasteiger partial charge on any atom is -0.490 e. The van der Waals surface area contributed by atoms with E-state index in [1.165, 1.54) is 17.3 Å². The van der Waals surface area contributed by atoms with Crippen molar-refractivity contribution in [3.8, 4) is 17.6 Å². The highest BCUT2D eigenvalue weighted by atomic mass is 32.2. The van der Waals surface area contributed by atoms with Crippen LogP contribution in [0, 0.1) is 11.3 Å². The third-order valence-electron chi connectivity index (χ3n) is 5.31. The van der Waals surface area contributed by atoms with E-state index in [0.29, 0.717) is 33.7 Å². The minimum atomic E-state index is -0.190. The van der Waals surface area contributed by atoms with Crippen LogP contribution in [0.1, 0.15) is 36.1 Å². The van der Waals surface area contributed by atoms with Gasteiger partial charge < -0.3 is 14.8 Å². The lowest BCUT2D eigenvalue weighted by atomic mass is 10.1. The van der Waals surface area contributed by atoms with E-state index in [2.05, 4.69) is 23.3 Å². The Balaban J connectivity index is 1.50. The number of amidine groups is 1. The average Bonchev–Trinajstić information content (AvgIpc) is 3.22. The van der Waals surface area contributed by atoms with Crippen LogP contribution in [0.5, 0.6) is 11.5 Å². The molecule has 3 aromatic carbocycles. The molecule has 0 bridgehead atoms. The second-order valence-corrected chi connectivity index (χ2v) is 8.73. The van der Waals surface area contributed by atoms with E-state index < -0.39 is 0 Å². The number of carbonyl (C=O) groups excluding carboxylic acids is 1. The number of thioether (sulfide) groups is 1. The van der Waals surface area contributed by atoms with Crippen LogP contribution in [-0.2, 0) is 17.8 Å². The summed E-state index contributed by atoms with van der Waals surface area (Å²) in [6.07, 6.45) is 2.77. The predicted octanol–water partition coefficient (Wildman–Crippen LogP) is 5.99. The van der Waals surface area contributed by atoms with Crippen LogP contribution in [0.2, 0.25) is 0 Å². The lowest BCUT2D eigenvalue weighted by molar-refractivity contribution is -0.115. The highest BCUT2D eigenvalue weighted by Gasteiger charge is 2.24. The first-order chi connectivity index (χ1) is 17.1. The van der Waals surface area contributed by atoms with Gasteiger partial charge in [0.15, 0.2) is 16.7 Å². The lowest BCUT2D eigenvalue weighted by Gasteiger charge is -2.13. The third kappa shape index (κ3) is 6.11. The van der Waals surface area contributed by atoms with E-state index in [1.807, 2.05) is 67.6 Å². The first-order valence-corrected chi connectivity index (χ1v) is 12.2. The van der Waals surface area contributed by atoms with Gasteiger partial charge in [-0.25, -0.2) is 4.99 Å². The maximum absolute atomic E-state index is 12.5. The number of aliphatic imine (C=N–C) groups is 1. The number of nitriles is 1. The van der Waals surface area contributed by atoms with E-state index in [-0.39, 0.29) is 12.5 Å². The maximum atomic E-state index is 12.5. The first-order valence-electron chi connectivity index (χ1n) is 11.4. The Hall–Kier alpha value is -4.02. The molecule has 1 N–H and O–H groups in total. The number of ether oxygens (including phenoxy) is 2. The summed E-state index contributed by atoms with van der Waals surface area (Å²) in [6, 6.07) is 23.0. The maximum Gasteiger partial charge on any atom is 0.264 e. The summed E-state index contributed by atoms with van der Waals surface area (Å²) in [5.41, 5.74) is 4.23. The van der Waals surface area contributed by atoms with Gasteiger partial charge in [-0.05, 0) is 72.6 Å². The molecular weight excluding hydrogens is 458 g/mol. The Morgan fingerprint density at radius 2 is 1.83 bits per heavy atom. The average molecular weight is 484 g/mol. The molecular formula is C28H25N3O3S. The monoisotopic (exact) mass is 483 g/mol. The van der Waals surface area contributed by atoms with Crippen molar-refractivity contribution in [1.82, 2.24) is 5.32 Å². The highest BCUT2D eigenvalue weighted by molar-refractivity contribution is 8.18. The van der Waals surface area contributed by atoms with Crippen molar-refractivity contribution in [2.75, 3.05) is 6.61 Å². The molecule has 7 heteroatoms. The summed E-state index contributed by atoms with van der Waals surface area (Å²) in [7, 11) is 0. The molecule has 1 fully saturated rings. The van der Waals surface area contributed by atoms with Gasteiger partial charge in [0.2, 0.25) is 0 Å². The third-order valence-corrected chi connectivity index (χ3v) is 6.22. The Bertz CT molecular complexity index is 1320. The molecule has 1 aliphatic rings. The number of hydrogen-bond acceptors (Lipinski definition) is 6. The molecule has 0 atom stereocenters. The number of rotatable bonds is 8. The number of nitrogens with one attached hydrogen (secondary N) is 1. The quantitative estimate of drug-likeness (QED) is 0.398. The molecule has 0 spiro atoms. The van der Waals surface area contributed by atoms with E-state index in [4.69, 9.17) is 9.47 Å². The molecule has 1 heterocycles. The van der Waals surface area contributed by atoms with Crippen molar-refractivity contribution in [3.63, 3.8) is 0 Å². The zero-order chi connectivity index (χ0) is 24.6. The van der Waals surface area contributed by atoms with E-state index in [9.17, 15) is 10.1 Å². The molecule has 0 unspecified atom stereocenters. The number of aryl methyl sites for hydroxylation is 1. The number of hydrogen-bond donors (Lipinski definition) is 1. The summed E-state index contributed by atoms with van der Waals surface area (Å²) >= 11 is 1.30. The Morgan fingerprint density at radius 3 is 2.57 bits per heavy atom. The van der Waals surface area contributed by atoms with E-state index >= 15 is 0 Å². The molecule has 0 saturated carbocycles. The fourth-order valence-corrected chi connectivity index (χ4v) is 4.31. The molecule has 1 aliphatic heterocycles. The van der Waals surface area contributed by atoms with Gasteiger partial charge >= 0.3 is 0 Å².